The lowest BCUT2D eigenvalue weighted by Crippen LogP contribution is -2.71. The molecule has 4 nitrogen and oxygen atoms in total. The smallest absolute Gasteiger partial charge is 0.217 e. The molecule has 0 unspecified atom stereocenters. The van der Waals surface area contributed by atoms with Crippen molar-refractivity contribution < 1.29 is 4.79 Å². The van der Waals surface area contributed by atoms with Gasteiger partial charge in [-0.2, -0.15) is 0 Å². The Morgan fingerprint density at radius 3 is 2.07 bits per heavy atom. The van der Waals surface area contributed by atoms with Crippen LogP contribution >= 0.6 is 0 Å². The van der Waals surface area contributed by atoms with Gasteiger partial charge < -0.3 is 5.32 Å². The van der Waals surface area contributed by atoms with Crippen LogP contribution in [0.1, 0.15) is 6.92 Å². The largest absolute Gasteiger partial charge is 0.353 e. The highest BCUT2D eigenvalue weighted by atomic mass is 16.1. The topological polar surface area (TPSA) is 35.6 Å². The predicted octanol–water partition coefficient (Wildman–Crippen LogP) is -0.674. The zero-order valence-corrected chi connectivity index (χ0v) is 8.57. The minimum absolute atomic E-state index is 0.132. The van der Waals surface area contributed by atoms with E-state index in [4.69, 9.17) is 0 Å². The van der Waals surface area contributed by atoms with Crippen molar-refractivity contribution in [3.05, 3.63) is 0 Å². The molecule has 0 aromatic heterocycles. The zero-order valence-electron chi connectivity index (χ0n) is 8.57. The number of hydrogen-bond donors (Lipinski definition) is 1. The molecule has 4 rings (SSSR count). The molecule has 0 saturated carbocycles. The first-order chi connectivity index (χ1) is 6.72. The van der Waals surface area contributed by atoms with Crippen LogP contribution in [-0.4, -0.2) is 54.6 Å². The molecule has 78 valence electrons. The lowest BCUT2D eigenvalue weighted by atomic mass is 9.77. The summed E-state index contributed by atoms with van der Waals surface area (Å²) in [6.07, 6.45) is 0. The van der Waals surface area contributed by atoms with Gasteiger partial charge in [-0.3, -0.25) is 14.6 Å². The van der Waals surface area contributed by atoms with Crippen molar-refractivity contribution in [2.45, 2.75) is 13.0 Å². The lowest BCUT2D eigenvalue weighted by Gasteiger charge is -2.57. The Balaban J connectivity index is 1.77. The molecule has 0 spiro atoms. The first kappa shape index (κ1) is 8.68. The highest BCUT2D eigenvalue weighted by Gasteiger charge is 2.46. The van der Waals surface area contributed by atoms with E-state index in [-0.39, 0.29) is 5.91 Å². The number of nitrogens with zero attached hydrogens (tertiary/aromatic N) is 2. The average molecular weight is 195 g/mol. The van der Waals surface area contributed by atoms with Crippen LogP contribution in [0, 0.1) is 11.8 Å². The number of carbonyl (C=O) groups excluding carboxylic acids is 1. The quantitative estimate of drug-likeness (QED) is 0.602. The van der Waals surface area contributed by atoms with Gasteiger partial charge >= 0.3 is 0 Å². The molecule has 1 amide bonds. The number of carbonyl (C=O) groups is 1. The van der Waals surface area contributed by atoms with Crippen molar-refractivity contribution in [1.82, 2.24) is 15.1 Å². The molecular weight excluding hydrogens is 178 g/mol. The SMILES string of the molecule is CC(=O)NC1[C@H]2CN3C[C@@H]1C[N@](C3)C2. The molecule has 1 N–H and O–H groups in total. The molecule has 0 aromatic rings. The Hall–Kier alpha value is -0.610. The van der Waals surface area contributed by atoms with Gasteiger partial charge in [0.05, 0.1) is 6.67 Å². The van der Waals surface area contributed by atoms with Crippen LogP contribution in [0.2, 0.25) is 0 Å². The van der Waals surface area contributed by atoms with E-state index in [1.54, 1.807) is 6.92 Å². The predicted molar refractivity (Wildman–Crippen MR) is 52.6 cm³/mol. The minimum Gasteiger partial charge on any atom is -0.353 e. The zero-order chi connectivity index (χ0) is 9.71. The highest BCUT2D eigenvalue weighted by molar-refractivity contribution is 5.73. The summed E-state index contributed by atoms with van der Waals surface area (Å²) in [6, 6.07) is 0.445. The lowest BCUT2D eigenvalue weighted by molar-refractivity contribution is -0.127. The fourth-order valence-electron chi connectivity index (χ4n) is 3.41. The highest BCUT2D eigenvalue weighted by Crippen LogP contribution is 2.33. The first-order valence-electron chi connectivity index (χ1n) is 5.44. The number of rotatable bonds is 1. The second-order valence-corrected chi connectivity index (χ2v) is 4.96. The van der Waals surface area contributed by atoms with E-state index >= 15 is 0 Å². The second-order valence-electron chi connectivity index (χ2n) is 4.96. The number of amides is 1. The van der Waals surface area contributed by atoms with Crippen LogP contribution in [0.4, 0.5) is 0 Å². The van der Waals surface area contributed by atoms with E-state index in [1.165, 1.54) is 26.2 Å². The summed E-state index contributed by atoms with van der Waals surface area (Å²) >= 11 is 0. The molecule has 14 heavy (non-hydrogen) atoms. The van der Waals surface area contributed by atoms with Crippen molar-refractivity contribution in [1.29, 1.82) is 0 Å². The molecule has 0 atom stereocenters. The van der Waals surface area contributed by atoms with Crippen LogP contribution in [-0.2, 0) is 4.79 Å². The third-order valence-electron chi connectivity index (χ3n) is 3.76. The monoisotopic (exact) mass is 195 g/mol. The fourth-order valence-corrected chi connectivity index (χ4v) is 3.41. The third kappa shape index (κ3) is 1.25. The van der Waals surface area contributed by atoms with Crippen LogP contribution in [0.15, 0.2) is 0 Å². The summed E-state index contributed by atoms with van der Waals surface area (Å²) in [5, 5.41) is 3.13. The Bertz CT molecular complexity index is 238. The summed E-state index contributed by atoms with van der Waals surface area (Å²) < 4.78 is 0. The molecule has 0 aromatic carbocycles. The molecule has 4 heteroatoms. The second kappa shape index (κ2) is 2.94. The fraction of sp³-hybridized carbons (Fsp3) is 0.900. The number of hydrogen-bond acceptors (Lipinski definition) is 3. The molecule has 0 aliphatic carbocycles. The summed E-state index contributed by atoms with van der Waals surface area (Å²) in [5.74, 6) is 1.47. The van der Waals surface area contributed by atoms with Gasteiger partial charge in [-0.25, -0.2) is 0 Å². The van der Waals surface area contributed by atoms with E-state index < -0.39 is 0 Å². The van der Waals surface area contributed by atoms with Gasteiger partial charge in [-0.1, -0.05) is 0 Å². The van der Waals surface area contributed by atoms with Gasteiger partial charge in [0.25, 0.3) is 0 Å². The molecule has 4 fully saturated rings. The Morgan fingerprint density at radius 1 is 1.14 bits per heavy atom. The van der Waals surface area contributed by atoms with E-state index in [0.29, 0.717) is 17.9 Å². The minimum atomic E-state index is 0.132. The maximum atomic E-state index is 11.1. The molecule has 4 aliphatic heterocycles. The molecule has 4 heterocycles. The van der Waals surface area contributed by atoms with Crippen molar-refractivity contribution in [3.8, 4) is 0 Å². The van der Waals surface area contributed by atoms with Crippen molar-refractivity contribution >= 4 is 5.91 Å². The van der Waals surface area contributed by atoms with Crippen molar-refractivity contribution in [2.75, 3.05) is 32.8 Å². The summed E-state index contributed by atoms with van der Waals surface area (Å²) in [7, 11) is 0. The Morgan fingerprint density at radius 2 is 1.64 bits per heavy atom. The van der Waals surface area contributed by atoms with Gasteiger partial charge in [0.2, 0.25) is 5.91 Å². The van der Waals surface area contributed by atoms with Crippen molar-refractivity contribution in [2.24, 2.45) is 11.8 Å². The van der Waals surface area contributed by atoms with Gasteiger partial charge in [-0.15, -0.1) is 0 Å². The third-order valence-corrected chi connectivity index (χ3v) is 3.76. The first-order valence-corrected chi connectivity index (χ1v) is 5.44. The van der Waals surface area contributed by atoms with E-state index in [0.717, 1.165) is 6.67 Å². The van der Waals surface area contributed by atoms with E-state index in [9.17, 15) is 4.79 Å². The van der Waals surface area contributed by atoms with Gasteiger partial charge in [0.1, 0.15) is 0 Å². The number of piperidine rings is 2. The number of nitrogens with one attached hydrogen (secondary N) is 1. The molecule has 0 radical (unpaired) electrons. The maximum Gasteiger partial charge on any atom is 0.217 e. The van der Waals surface area contributed by atoms with Gasteiger partial charge in [-0.05, 0) is 0 Å². The van der Waals surface area contributed by atoms with E-state index in [2.05, 4.69) is 15.1 Å². The van der Waals surface area contributed by atoms with E-state index in [1.807, 2.05) is 0 Å². The maximum absolute atomic E-state index is 11.1. The van der Waals surface area contributed by atoms with Gasteiger partial charge in [0, 0.05) is 51.0 Å². The molecule has 4 aliphatic rings. The van der Waals surface area contributed by atoms with Crippen LogP contribution in [0.5, 0.6) is 0 Å². The molecule has 4 bridgehead atoms. The molecular formula is C10H17N3O. The van der Waals surface area contributed by atoms with Crippen LogP contribution < -0.4 is 5.32 Å². The van der Waals surface area contributed by atoms with Crippen LogP contribution in [0.3, 0.4) is 0 Å². The van der Waals surface area contributed by atoms with Gasteiger partial charge in [0.15, 0.2) is 0 Å². The standard InChI is InChI=1S/C10H17N3O/c1-7(14)11-10-8-2-12-4-9(10)5-13(3-8)6-12/h8-10H,2-6H2,1H3,(H,11,14)/t8-,9+,10?. The normalized spacial score (nSPS) is 49.4. The Labute approximate surface area is 84.2 Å². The van der Waals surface area contributed by atoms with Crippen molar-refractivity contribution in [3.63, 3.8) is 0 Å². The average Bonchev–Trinajstić information content (AvgIpc) is 2.09. The Kier molecular flexibility index (Phi) is 1.82. The summed E-state index contributed by atoms with van der Waals surface area (Å²) in [6.45, 7) is 7.50. The van der Waals surface area contributed by atoms with Crippen LogP contribution in [0.25, 0.3) is 0 Å². The molecule has 4 saturated heterocycles. The summed E-state index contributed by atoms with van der Waals surface area (Å²) in [5.41, 5.74) is 0. The summed E-state index contributed by atoms with van der Waals surface area (Å²) in [4.78, 5) is 16.1.